The summed E-state index contributed by atoms with van der Waals surface area (Å²) >= 11 is 12.8. The molecule has 3 heterocycles. The van der Waals surface area contributed by atoms with Crippen molar-refractivity contribution in [2.75, 3.05) is 18.5 Å². The number of rotatable bonds is 6. The number of aryl methyl sites for hydroxylation is 1. The van der Waals surface area contributed by atoms with Gasteiger partial charge in [-0.2, -0.15) is 0 Å². The number of pyridine rings is 1. The molecule has 4 rings (SSSR count). The van der Waals surface area contributed by atoms with Crippen LogP contribution in [0.25, 0.3) is 11.7 Å². The van der Waals surface area contributed by atoms with Crippen LogP contribution in [0.2, 0.25) is 5.02 Å². The maximum absolute atomic E-state index is 13.2. The third-order valence-electron chi connectivity index (χ3n) is 4.85. The molecule has 0 spiro atoms. The highest BCUT2D eigenvalue weighted by Crippen LogP contribution is 2.34. The summed E-state index contributed by atoms with van der Waals surface area (Å²) in [7, 11) is 0. The van der Waals surface area contributed by atoms with E-state index in [0.717, 1.165) is 22.9 Å². The fraction of sp³-hybridized carbons (Fsp3) is 0.182. The van der Waals surface area contributed by atoms with Gasteiger partial charge in [0.2, 0.25) is 0 Å². The summed E-state index contributed by atoms with van der Waals surface area (Å²) in [5.41, 5.74) is 2.04. The van der Waals surface area contributed by atoms with Crippen LogP contribution in [0.15, 0.2) is 52.3 Å². The number of carbonyl (C=O) groups excluding carboxylic acids is 1. The van der Waals surface area contributed by atoms with Gasteiger partial charge in [-0.05, 0) is 36.3 Å². The molecule has 0 saturated carbocycles. The molecular formula is C22H19ClN4O3S2. The van der Waals surface area contributed by atoms with Gasteiger partial charge in [0.05, 0.1) is 23.6 Å². The maximum Gasteiger partial charge on any atom is 0.267 e. The van der Waals surface area contributed by atoms with Crippen LogP contribution in [0, 0.1) is 6.92 Å². The van der Waals surface area contributed by atoms with Crippen LogP contribution in [-0.2, 0) is 11.3 Å². The molecule has 0 unspecified atom stereocenters. The maximum atomic E-state index is 13.2. The zero-order valence-corrected chi connectivity index (χ0v) is 19.4. The molecule has 32 heavy (non-hydrogen) atoms. The first-order valence-electron chi connectivity index (χ1n) is 9.75. The molecule has 1 fully saturated rings. The Morgan fingerprint density at radius 1 is 1.25 bits per heavy atom. The van der Waals surface area contributed by atoms with Crippen LogP contribution in [0.3, 0.4) is 0 Å². The molecule has 0 atom stereocenters. The monoisotopic (exact) mass is 486 g/mol. The topological polar surface area (TPSA) is 86.9 Å². The molecule has 2 N–H and O–H groups in total. The van der Waals surface area contributed by atoms with Gasteiger partial charge in [0.25, 0.3) is 11.5 Å². The van der Waals surface area contributed by atoms with Crippen LogP contribution in [0.1, 0.15) is 16.7 Å². The molecule has 1 amide bonds. The van der Waals surface area contributed by atoms with Crippen LogP contribution in [0.4, 0.5) is 5.82 Å². The molecule has 0 radical (unpaired) electrons. The van der Waals surface area contributed by atoms with Crippen molar-refractivity contribution in [2.24, 2.45) is 0 Å². The van der Waals surface area contributed by atoms with Gasteiger partial charge < -0.3 is 10.4 Å². The minimum absolute atomic E-state index is 0.131. The van der Waals surface area contributed by atoms with Gasteiger partial charge in [0.15, 0.2) is 0 Å². The van der Waals surface area contributed by atoms with E-state index in [1.165, 1.54) is 15.4 Å². The number of aliphatic hydroxyl groups excluding tert-OH is 1. The quantitative estimate of drug-likeness (QED) is 0.407. The molecular weight excluding hydrogens is 468 g/mol. The van der Waals surface area contributed by atoms with E-state index in [0.29, 0.717) is 25.7 Å². The average molecular weight is 487 g/mol. The molecule has 1 saturated heterocycles. The Morgan fingerprint density at radius 2 is 2.03 bits per heavy atom. The number of amides is 1. The molecule has 0 bridgehead atoms. The van der Waals surface area contributed by atoms with E-state index in [9.17, 15) is 14.7 Å². The normalized spacial score (nSPS) is 15.2. The molecule has 1 aliphatic rings. The van der Waals surface area contributed by atoms with Crippen LogP contribution in [-0.4, -0.2) is 42.8 Å². The first-order chi connectivity index (χ1) is 15.4. The molecule has 2 aromatic heterocycles. The third-order valence-corrected chi connectivity index (χ3v) is 6.59. The van der Waals surface area contributed by atoms with Crippen molar-refractivity contribution in [3.05, 3.63) is 79.6 Å². The zero-order chi connectivity index (χ0) is 22.8. The number of hydrogen-bond acceptors (Lipinski definition) is 7. The number of nitrogens with zero attached hydrogens (tertiary/aromatic N) is 3. The Kier molecular flexibility index (Phi) is 6.61. The predicted molar refractivity (Wildman–Crippen MR) is 132 cm³/mol. The van der Waals surface area contributed by atoms with Crippen molar-refractivity contribution < 1.29 is 9.90 Å². The summed E-state index contributed by atoms with van der Waals surface area (Å²) in [5.74, 6) is -0.00829. The summed E-state index contributed by atoms with van der Waals surface area (Å²) in [6.45, 7) is 2.20. The lowest BCUT2D eigenvalue weighted by Crippen LogP contribution is -2.27. The summed E-state index contributed by atoms with van der Waals surface area (Å²) in [5, 5.41) is 12.7. The van der Waals surface area contributed by atoms with Gasteiger partial charge >= 0.3 is 0 Å². The Hall–Kier alpha value is -2.72. The second-order valence-corrected chi connectivity index (χ2v) is 9.21. The Labute approximate surface area is 198 Å². The van der Waals surface area contributed by atoms with Crippen LogP contribution in [0.5, 0.6) is 0 Å². The molecule has 164 valence electrons. The first-order valence-corrected chi connectivity index (χ1v) is 11.4. The number of benzene rings is 1. The number of nitrogens with one attached hydrogen (secondary N) is 1. The third kappa shape index (κ3) is 4.42. The van der Waals surface area contributed by atoms with Gasteiger partial charge in [0, 0.05) is 17.8 Å². The number of thiocarbonyl (C=S) groups is 1. The first kappa shape index (κ1) is 22.5. The number of aromatic nitrogens is 2. The van der Waals surface area contributed by atoms with Crippen molar-refractivity contribution in [3.8, 4) is 0 Å². The smallest absolute Gasteiger partial charge is 0.267 e. The van der Waals surface area contributed by atoms with Crippen molar-refractivity contribution in [1.82, 2.24) is 14.3 Å². The molecule has 7 nitrogen and oxygen atoms in total. The van der Waals surface area contributed by atoms with E-state index in [-0.39, 0.29) is 36.7 Å². The average Bonchev–Trinajstić information content (AvgIpc) is 3.03. The van der Waals surface area contributed by atoms with E-state index < -0.39 is 0 Å². The van der Waals surface area contributed by atoms with Gasteiger partial charge in [-0.3, -0.25) is 18.9 Å². The summed E-state index contributed by atoms with van der Waals surface area (Å²) < 4.78 is 1.83. The lowest BCUT2D eigenvalue weighted by Gasteiger charge is -2.15. The number of anilines is 1. The van der Waals surface area contributed by atoms with Crippen molar-refractivity contribution in [1.29, 1.82) is 0 Å². The molecule has 3 aromatic rings. The highest BCUT2D eigenvalue weighted by atomic mass is 35.5. The predicted octanol–water partition coefficient (Wildman–Crippen LogP) is 3.46. The minimum atomic E-state index is -0.324. The summed E-state index contributed by atoms with van der Waals surface area (Å²) in [6.07, 6.45) is 3.20. The van der Waals surface area contributed by atoms with Crippen molar-refractivity contribution >= 4 is 63.3 Å². The SMILES string of the molecule is Cc1ccc2nc(NCCO)c(C=C3SC(=S)N(Cc4ccccc4Cl)C3=O)c(=O)n2c1. The Balaban J connectivity index is 1.75. The number of fused-ring (bicyclic) bond motifs is 1. The largest absolute Gasteiger partial charge is 0.395 e. The zero-order valence-electron chi connectivity index (χ0n) is 17.0. The molecule has 10 heteroatoms. The van der Waals surface area contributed by atoms with Crippen molar-refractivity contribution in [3.63, 3.8) is 0 Å². The van der Waals surface area contributed by atoms with Crippen LogP contribution < -0.4 is 10.9 Å². The van der Waals surface area contributed by atoms with Crippen LogP contribution >= 0.6 is 35.6 Å². The molecule has 1 aliphatic heterocycles. The number of halogens is 1. The van der Waals surface area contributed by atoms with E-state index in [1.807, 2.05) is 31.2 Å². The second-order valence-electron chi connectivity index (χ2n) is 7.12. The highest BCUT2D eigenvalue weighted by Gasteiger charge is 2.33. The lowest BCUT2D eigenvalue weighted by molar-refractivity contribution is -0.122. The lowest BCUT2D eigenvalue weighted by atomic mass is 10.2. The standard InChI is InChI=1S/C22H19ClN4O3S2/c1-13-6-7-18-25-19(24-8-9-28)15(20(29)26(18)11-13)10-17-21(30)27(22(31)32-17)12-14-4-2-3-5-16(14)23/h2-7,10-11,24,28H,8-9,12H2,1H3. The Bertz CT molecular complexity index is 1320. The van der Waals surface area contributed by atoms with Gasteiger partial charge in [-0.1, -0.05) is 59.8 Å². The van der Waals surface area contributed by atoms with Crippen molar-refractivity contribution in [2.45, 2.75) is 13.5 Å². The van der Waals surface area contributed by atoms with E-state index in [1.54, 1.807) is 18.3 Å². The van der Waals surface area contributed by atoms with E-state index in [2.05, 4.69) is 10.3 Å². The molecule has 1 aromatic carbocycles. The number of thioether (sulfide) groups is 1. The van der Waals surface area contributed by atoms with Gasteiger partial charge in [-0.15, -0.1) is 0 Å². The van der Waals surface area contributed by atoms with E-state index in [4.69, 9.17) is 23.8 Å². The highest BCUT2D eigenvalue weighted by molar-refractivity contribution is 8.26. The van der Waals surface area contributed by atoms with Gasteiger partial charge in [0.1, 0.15) is 15.8 Å². The van der Waals surface area contributed by atoms with E-state index >= 15 is 0 Å². The second kappa shape index (κ2) is 9.41. The van der Waals surface area contributed by atoms with Gasteiger partial charge in [-0.25, -0.2) is 4.98 Å². The Morgan fingerprint density at radius 3 is 2.78 bits per heavy atom. The number of hydrogen-bond donors (Lipinski definition) is 2. The summed E-state index contributed by atoms with van der Waals surface area (Å²) in [4.78, 5) is 32.6. The fourth-order valence-corrected chi connectivity index (χ4v) is 4.69. The number of carbonyl (C=O) groups is 1. The minimum Gasteiger partial charge on any atom is -0.395 e. The fourth-order valence-electron chi connectivity index (χ4n) is 3.26. The number of aliphatic hydroxyl groups is 1. The molecule has 0 aliphatic carbocycles. The summed E-state index contributed by atoms with van der Waals surface area (Å²) in [6, 6.07) is 10.9.